The number of ether oxygens (including phenoxy) is 3. The van der Waals surface area contributed by atoms with Crippen LogP contribution in [0.4, 0.5) is 0 Å². The van der Waals surface area contributed by atoms with Crippen molar-refractivity contribution in [1.29, 1.82) is 0 Å². The van der Waals surface area contributed by atoms with Crippen molar-refractivity contribution in [3.8, 4) is 10.9 Å². The summed E-state index contributed by atoms with van der Waals surface area (Å²) < 4.78 is 16.3. The zero-order valence-electron chi connectivity index (χ0n) is 12.8. The molecule has 23 heavy (non-hydrogen) atoms. The molecule has 0 spiro atoms. The largest absolute Gasteiger partial charge is 0.431 e. The lowest BCUT2D eigenvalue weighted by Crippen LogP contribution is -2.50. The van der Waals surface area contributed by atoms with Gasteiger partial charge < -0.3 is 19.1 Å². The lowest BCUT2D eigenvalue weighted by molar-refractivity contribution is -0.0251. The predicted molar refractivity (Wildman–Crippen MR) is 86.1 cm³/mol. The highest BCUT2D eigenvalue weighted by Gasteiger charge is 2.28. The molecule has 0 aliphatic carbocycles. The minimum atomic E-state index is -0.0650. The molecule has 1 aromatic heterocycles. The summed E-state index contributed by atoms with van der Waals surface area (Å²) in [7, 11) is 1.62. The molecule has 0 bridgehead atoms. The molecule has 0 radical (unpaired) electrons. The van der Waals surface area contributed by atoms with Gasteiger partial charge in [0.15, 0.2) is 0 Å². The SMILES string of the molecule is COC[C@H]1COCCN1C(=O)c1cccc(Oc2nccs2)c1. The van der Waals surface area contributed by atoms with E-state index in [0.29, 0.717) is 42.9 Å². The molecule has 0 unspecified atom stereocenters. The highest BCUT2D eigenvalue weighted by atomic mass is 32.1. The molecule has 0 saturated carbocycles. The van der Waals surface area contributed by atoms with Crippen molar-refractivity contribution in [3.05, 3.63) is 41.4 Å². The summed E-state index contributed by atoms with van der Waals surface area (Å²) in [6, 6.07) is 7.08. The fourth-order valence-electron chi connectivity index (χ4n) is 2.47. The van der Waals surface area contributed by atoms with Crippen LogP contribution in [-0.4, -0.2) is 55.3 Å². The first kappa shape index (κ1) is 15.9. The number of carbonyl (C=O) groups excluding carboxylic acids is 1. The zero-order chi connectivity index (χ0) is 16.1. The first-order valence-electron chi connectivity index (χ1n) is 7.33. The van der Waals surface area contributed by atoms with Crippen molar-refractivity contribution in [1.82, 2.24) is 9.88 Å². The summed E-state index contributed by atoms with van der Waals surface area (Å²) in [4.78, 5) is 18.7. The van der Waals surface area contributed by atoms with Crippen molar-refractivity contribution in [2.75, 3.05) is 33.5 Å². The monoisotopic (exact) mass is 334 g/mol. The van der Waals surface area contributed by atoms with Gasteiger partial charge in [0.25, 0.3) is 11.1 Å². The van der Waals surface area contributed by atoms with Crippen LogP contribution in [0.25, 0.3) is 0 Å². The summed E-state index contributed by atoms with van der Waals surface area (Å²) in [6.07, 6.45) is 1.68. The van der Waals surface area contributed by atoms with Gasteiger partial charge in [-0.3, -0.25) is 4.79 Å². The van der Waals surface area contributed by atoms with Crippen molar-refractivity contribution in [3.63, 3.8) is 0 Å². The zero-order valence-corrected chi connectivity index (χ0v) is 13.6. The van der Waals surface area contributed by atoms with E-state index in [1.165, 1.54) is 11.3 Å². The van der Waals surface area contributed by atoms with Crippen LogP contribution in [0.2, 0.25) is 0 Å². The van der Waals surface area contributed by atoms with E-state index in [1.54, 1.807) is 30.3 Å². The lowest BCUT2D eigenvalue weighted by atomic mass is 10.1. The molecule has 1 saturated heterocycles. The van der Waals surface area contributed by atoms with Gasteiger partial charge in [-0.2, -0.15) is 0 Å². The minimum absolute atomic E-state index is 0.0417. The Balaban J connectivity index is 1.76. The third kappa shape index (κ3) is 3.87. The van der Waals surface area contributed by atoms with Crippen LogP contribution >= 0.6 is 11.3 Å². The second-order valence-electron chi connectivity index (χ2n) is 5.11. The number of aromatic nitrogens is 1. The second-order valence-corrected chi connectivity index (χ2v) is 5.97. The Morgan fingerprint density at radius 2 is 2.43 bits per heavy atom. The van der Waals surface area contributed by atoms with Gasteiger partial charge in [0, 0.05) is 30.8 Å². The van der Waals surface area contributed by atoms with Crippen LogP contribution in [0, 0.1) is 0 Å². The number of rotatable bonds is 5. The maximum Gasteiger partial charge on any atom is 0.278 e. The lowest BCUT2D eigenvalue weighted by Gasteiger charge is -2.35. The van der Waals surface area contributed by atoms with Crippen LogP contribution in [0.1, 0.15) is 10.4 Å². The van der Waals surface area contributed by atoms with Crippen LogP contribution in [0.3, 0.4) is 0 Å². The average Bonchev–Trinajstić information content (AvgIpc) is 3.08. The van der Waals surface area contributed by atoms with Crippen molar-refractivity contribution in [2.45, 2.75) is 6.04 Å². The van der Waals surface area contributed by atoms with Gasteiger partial charge in [-0.15, -0.1) is 0 Å². The topological polar surface area (TPSA) is 60.9 Å². The van der Waals surface area contributed by atoms with E-state index in [4.69, 9.17) is 14.2 Å². The highest BCUT2D eigenvalue weighted by Crippen LogP contribution is 2.25. The number of benzene rings is 1. The van der Waals surface area contributed by atoms with Gasteiger partial charge in [-0.05, 0) is 18.2 Å². The molecule has 2 heterocycles. The standard InChI is InChI=1S/C16H18N2O4S/c1-20-10-13-11-21-7-6-18(13)15(19)12-3-2-4-14(9-12)22-16-17-5-8-23-16/h2-5,8-9,13H,6-7,10-11H2,1H3/t13-/m0/s1. The molecule has 1 aliphatic heterocycles. The molecule has 6 nitrogen and oxygen atoms in total. The quantitative estimate of drug-likeness (QED) is 0.840. The molecule has 2 aromatic rings. The Morgan fingerprint density at radius 3 is 3.22 bits per heavy atom. The number of morpholine rings is 1. The molecule has 3 rings (SSSR count). The first-order valence-corrected chi connectivity index (χ1v) is 8.21. The van der Waals surface area contributed by atoms with Gasteiger partial charge in [0.1, 0.15) is 5.75 Å². The molecule has 1 fully saturated rings. The smallest absolute Gasteiger partial charge is 0.278 e. The summed E-state index contributed by atoms with van der Waals surface area (Å²) in [5.74, 6) is 0.558. The number of nitrogens with zero attached hydrogens (tertiary/aromatic N) is 2. The Bertz CT molecular complexity index is 645. The molecular weight excluding hydrogens is 316 g/mol. The fraction of sp³-hybridized carbons (Fsp3) is 0.375. The normalized spacial score (nSPS) is 18.0. The van der Waals surface area contributed by atoms with E-state index in [9.17, 15) is 4.79 Å². The fourth-order valence-corrected chi connectivity index (χ4v) is 2.98. The number of methoxy groups -OCH3 is 1. The third-order valence-electron chi connectivity index (χ3n) is 3.54. The molecule has 1 aromatic carbocycles. The molecule has 0 N–H and O–H groups in total. The van der Waals surface area contributed by atoms with Crippen LogP contribution in [0.15, 0.2) is 35.8 Å². The Kier molecular flexibility index (Phi) is 5.22. The van der Waals surface area contributed by atoms with Crippen molar-refractivity contribution < 1.29 is 19.0 Å². The Hall–Kier alpha value is -1.96. The Morgan fingerprint density at radius 1 is 1.52 bits per heavy atom. The second kappa shape index (κ2) is 7.54. The Labute approximate surface area is 138 Å². The van der Waals surface area contributed by atoms with Crippen LogP contribution < -0.4 is 4.74 Å². The summed E-state index contributed by atoms with van der Waals surface area (Å²) in [5.41, 5.74) is 0.585. The van der Waals surface area contributed by atoms with Gasteiger partial charge >= 0.3 is 0 Å². The third-order valence-corrected chi connectivity index (χ3v) is 4.19. The minimum Gasteiger partial charge on any atom is -0.431 e. The van der Waals surface area contributed by atoms with E-state index < -0.39 is 0 Å². The number of thiazole rings is 1. The van der Waals surface area contributed by atoms with Crippen LogP contribution in [0.5, 0.6) is 10.9 Å². The number of amides is 1. The van der Waals surface area contributed by atoms with E-state index in [0.717, 1.165) is 0 Å². The number of carbonyl (C=O) groups is 1. The highest BCUT2D eigenvalue weighted by molar-refractivity contribution is 7.11. The van der Waals surface area contributed by atoms with Gasteiger partial charge in [-0.25, -0.2) is 4.98 Å². The van der Waals surface area contributed by atoms with Gasteiger partial charge in [-0.1, -0.05) is 17.4 Å². The van der Waals surface area contributed by atoms with E-state index in [1.807, 2.05) is 17.5 Å². The predicted octanol–water partition coefficient (Wildman–Crippen LogP) is 2.42. The number of hydrogen-bond donors (Lipinski definition) is 0. The average molecular weight is 334 g/mol. The summed E-state index contributed by atoms with van der Waals surface area (Å²) >= 11 is 1.41. The molecule has 1 amide bonds. The van der Waals surface area contributed by atoms with Crippen molar-refractivity contribution >= 4 is 17.2 Å². The van der Waals surface area contributed by atoms with E-state index in [2.05, 4.69) is 4.98 Å². The number of hydrogen-bond acceptors (Lipinski definition) is 6. The van der Waals surface area contributed by atoms with E-state index in [-0.39, 0.29) is 11.9 Å². The molecule has 1 atom stereocenters. The van der Waals surface area contributed by atoms with E-state index >= 15 is 0 Å². The van der Waals surface area contributed by atoms with Gasteiger partial charge in [0.2, 0.25) is 0 Å². The molecule has 122 valence electrons. The van der Waals surface area contributed by atoms with Crippen molar-refractivity contribution in [2.24, 2.45) is 0 Å². The first-order chi connectivity index (χ1) is 11.3. The van der Waals surface area contributed by atoms with Gasteiger partial charge in [0.05, 0.1) is 25.9 Å². The molecule has 7 heteroatoms. The molecular formula is C16H18N2O4S. The maximum atomic E-state index is 12.8. The molecule has 1 aliphatic rings. The summed E-state index contributed by atoms with van der Waals surface area (Å²) in [5, 5.41) is 2.39. The maximum absolute atomic E-state index is 12.8. The van der Waals surface area contributed by atoms with Crippen LogP contribution in [-0.2, 0) is 9.47 Å². The summed E-state index contributed by atoms with van der Waals surface area (Å²) in [6.45, 7) is 2.06.